The minimum absolute atomic E-state index is 0.224. The van der Waals surface area contributed by atoms with Crippen LogP contribution in [0.25, 0.3) is 0 Å². The van der Waals surface area contributed by atoms with E-state index in [1.54, 1.807) is 12.1 Å². The second kappa shape index (κ2) is 6.29. The van der Waals surface area contributed by atoms with E-state index in [9.17, 15) is 4.79 Å². The number of halogens is 1. The van der Waals surface area contributed by atoms with Gasteiger partial charge in [-0.2, -0.15) is 0 Å². The Morgan fingerprint density at radius 1 is 1.42 bits per heavy atom. The highest BCUT2D eigenvalue weighted by Crippen LogP contribution is 2.30. The van der Waals surface area contributed by atoms with E-state index < -0.39 is 5.97 Å². The molecule has 2 rings (SSSR count). The van der Waals surface area contributed by atoms with Gasteiger partial charge in [0.15, 0.2) is 0 Å². The second-order valence-corrected chi connectivity index (χ2v) is 5.81. The SMILES string of the molecule is CC1CCCCC1CNc1ccc(C(=O)O)cc1Cl. The first-order valence-electron chi connectivity index (χ1n) is 6.84. The molecule has 1 fully saturated rings. The smallest absolute Gasteiger partial charge is 0.335 e. The predicted octanol–water partition coefficient (Wildman–Crippen LogP) is 4.28. The summed E-state index contributed by atoms with van der Waals surface area (Å²) in [6.45, 7) is 3.22. The molecular formula is C15H20ClNO2. The molecule has 0 spiro atoms. The van der Waals surface area contributed by atoms with Crippen molar-refractivity contribution in [3.63, 3.8) is 0 Å². The molecule has 0 radical (unpaired) electrons. The van der Waals surface area contributed by atoms with Gasteiger partial charge in [0.2, 0.25) is 0 Å². The first-order valence-corrected chi connectivity index (χ1v) is 7.22. The molecule has 2 unspecified atom stereocenters. The minimum atomic E-state index is -0.950. The summed E-state index contributed by atoms with van der Waals surface area (Å²) in [6.07, 6.45) is 5.21. The highest BCUT2D eigenvalue weighted by molar-refractivity contribution is 6.33. The number of aromatic carboxylic acids is 1. The maximum absolute atomic E-state index is 10.8. The largest absolute Gasteiger partial charge is 0.478 e. The van der Waals surface area contributed by atoms with Gasteiger partial charge in [0, 0.05) is 6.54 Å². The van der Waals surface area contributed by atoms with E-state index in [2.05, 4.69) is 12.2 Å². The van der Waals surface area contributed by atoms with Crippen LogP contribution < -0.4 is 5.32 Å². The number of rotatable bonds is 4. The lowest BCUT2D eigenvalue weighted by Crippen LogP contribution is -2.24. The molecule has 0 saturated heterocycles. The van der Waals surface area contributed by atoms with Crippen LogP contribution >= 0.6 is 11.6 Å². The average molecular weight is 282 g/mol. The van der Waals surface area contributed by atoms with E-state index >= 15 is 0 Å². The van der Waals surface area contributed by atoms with E-state index in [0.717, 1.165) is 18.2 Å². The fourth-order valence-corrected chi connectivity index (χ4v) is 2.98. The number of carboxylic acid groups (broad SMARTS) is 1. The van der Waals surface area contributed by atoms with Crippen molar-refractivity contribution in [1.29, 1.82) is 0 Å². The standard InChI is InChI=1S/C15H20ClNO2/c1-10-4-2-3-5-12(10)9-17-14-7-6-11(15(18)19)8-13(14)16/h6-8,10,12,17H,2-5,9H2,1H3,(H,18,19). The van der Waals surface area contributed by atoms with Crippen molar-refractivity contribution in [1.82, 2.24) is 0 Å². The zero-order valence-corrected chi connectivity index (χ0v) is 11.9. The molecule has 1 aromatic rings. The molecule has 2 N–H and O–H groups in total. The molecule has 19 heavy (non-hydrogen) atoms. The molecule has 2 atom stereocenters. The summed E-state index contributed by atoms with van der Waals surface area (Å²) in [5.74, 6) is 0.483. The van der Waals surface area contributed by atoms with Gasteiger partial charge in [0.25, 0.3) is 0 Å². The molecule has 0 amide bonds. The third-order valence-electron chi connectivity index (χ3n) is 4.06. The summed E-state index contributed by atoms with van der Waals surface area (Å²) in [6, 6.07) is 4.83. The van der Waals surface area contributed by atoms with Gasteiger partial charge in [-0.25, -0.2) is 4.79 Å². The predicted molar refractivity (Wildman–Crippen MR) is 78.0 cm³/mol. The van der Waals surface area contributed by atoms with Crippen LogP contribution in [0.15, 0.2) is 18.2 Å². The number of nitrogens with one attached hydrogen (secondary N) is 1. The van der Waals surface area contributed by atoms with Crippen molar-refractivity contribution >= 4 is 23.3 Å². The van der Waals surface area contributed by atoms with E-state index in [1.165, 1.54) is 31.7 Å². The summed E-state index contributed by atoms with van der Waals surface area (Å²) >= 11 is 6.10. The van der Waals surface area contributed by atoms with Gasteiger partial charge in [0.1, 0.15) is 0 Å². The maximum Gasteiger partial charge on any atom is 0.335 e. The summed E-state index contributed by atoms with van der Waals surface area (Å²) < 4.78 is 0. The quantitative estimate of drug-likeness (QED) is 0.866. The van der Waals surface area contributed by atoms with Gasteiger partial charge >= 0.3 is 5.97 Å². The number of carbonyl (C=O) groups is 1. The first-order chi connectivity index (χ1) is 9.08. The fraction of sp³-hybridized carbons (Fsp3) is 0.533. The van der Waals surface area contributed by atoms with Gasteiger partial charge < -0.3 is 10.4 Å². The van der Waals surface area contributed by atoms with Gasteiger partial charge in [-0.3, -0.25) is 0 Å². The third kappa shape index (κ3) is 3.63. The lowest BCUT2D eigenvalue weighted by atomic mass is 9.80. The maximum atomic E-state index is 10.8. The van der Waals surface area contributed by atoms with Crippen LogP contribution in [0.2, 0.25) is 5.02 Å². The zero-order valence-electron chi connectivity index (χ0n) is 11.2. The third-order valence-corrected chi connectivity index (χ3v) is 4.37. The molecule has 0 bridgehead atoms. The molecular weight excluding hydrogens is 262 g/mol. The highest BCUT2D eigenvalue weighted by atomic mass is 35.5. The van der Waals surface area contributed by atoms with E-state index in [1.807, 2.05) is 0 Å². The van der Waals surface area contributed by atoms with Gasteiger partial charge in [-0.05, 0) is 36.5 Å². The van der Waals surface area contributed by atoms with E-state index in [0.29, 0.717) is 10.9 Å². The van der Waals surface area contributed by atoms with Crippen LogP contribution in [0.3, 0.4) is 0 Å². The molecule has 1 aromatic carbocycles. The summed E-state index contributed by atoms with van der Waals surface area (Å²) in [5, 5.41) is 12.7. The van der Waals surface area contributed by atoms with Gasteiger partial charge in [0.05, 0.1) is 16.3 Å². The number of hydrogen-bond acceptors (Lipinski definition) is 2. The van der Waals surface area contributed by atoms with Crippen molar-refractivity contribution in [2.24, 2.45) is 11.8 Å². The molecule has 1 saturated carbocycles. The van der Waals surface area contributed by atoms with Gasteiger partial charge in [-0.15, -0.1) is 0 Å². The van der Waals surface area contributed by atoms with Gasteiger partial charge in [-0.1, -0.05) is 37.8 Å². The Morgan fingerprint density at radius 2 is 2.16 bits per heavy atom. The Kier molecular flexibility index (Phi) is 4.70. The van der Waals surface area contributed by atoms with Crippen LogP contribution in [0.4, 0.5) is 5.69 Å². The average Bonchev–Trinajstić information content (AvgIpc) is 2.39. The second-order valence-electron chi connectivity index (χ2n) is 5.40. The molecule has 4 heteroatoms. The lowest BCUT2D eigenvalue weighted by Gasteiger charge is -2.29. The minimum Gasteiger partial charge on any atom is -0.478 e. The van der Waals surface area contributed by atoms with Crippen LogP contribution in [0.1, 0.15) is 43.0 Å². The lowest BCUT2D eigenvalue weighted by molar-refractivity contribution is 0.0697. The fourth-order valence-electron chi connectivity index (χ4n) is 2.73. The number of benzene rings is 1. The van der Waals surface area contributed by atoms with Crippen LogP contribution in [-0.2, 0) is 0 Å². The summed E-state index contributed by atoms with van der Waals surface area (Å²) in [4.78, 5) is 10.8. The monoisotopic (exact) mass is 281 g/mol. The normalized spacial score (nSPS) is 23.1. The van der Waals surface area contributed by atoms with Crippen LogP contribution in [0, 0.1) is 11.8 Å². The number of hydrogen-bond donors (Lipinski definition) is 2. The van der Waals surface area contributed by atoms with E-state index in [4.69, 9.17) is 16.7 Å². The van der Waals surface area contributed by atoms with Crippen molar-refractivity contribution in [2.45, 2.75) is 32.6 Å². The van der Waals surface area contributed by atoms with E-state index in [-0.39, 0.29) is 5.56 Å². The van der Waals surface area contributed by atoms with Crippen molar-refractivity contribution < 1.29 is 9.90 Å². The van der Waals surface area contributed by atoms with Crippen LogP contribution in [-0.4, -0.2) is 17.6 Å². The van der Waals surface area contributed by atoms with Crippen molar-refractivity contribution in [2.75, 3.05) is 11.9 Å². The number of anilines is 1. The Balaban J connectivity index is 1.97. The highest BCUT2D eigenvalue weighted by Gasteiger charge is 2.21. The Hall–Kier alpha value is -1.22. The van der Waals surface area contributed by atoms with Crippen LogP contribution in [0.5, 0.6) is 0 Å². The number of carboxylic acids is 1. The van der Waals surface area contributed by atoms with Crippen molar-refractivity contribution in [3.8, 4) is 0 Å². The topological polar surface area (TPSA) is 49.3 Å². The molecule has 1 aliphatic rings. The molecule has 1 aliphatic carbocycles. The Bertz CT molecular complexity index is 461. The molecule has 104 valence electrons. The molecule has 0 aliphatic heterocycles. The molecule has 0 aromatic heterocycles. The first kappa shape index (κ1) is 14.2. The molecule has 0 heterocycles. The molecule has 3 nitrogen and oxygen atoms in total. The van der Waals surface area contributed by atoms with Crippen molar-refractivity contribution in [3.05, 3.63) is 28.8 Å². The summed E-state index contributed by atoms with van der Waals surface area (Å²) in [7, 11) is 0. The Labute approximate surface area is 119 Å². The Morgan fingerprint density at radius 3 is 2.79 bits per heavy atom. The zero-order chi connectivity index (χ0) is 13.8. The summed E-state index contributed by atoms with van der Waals surface area (Å²) in [5.41, 5.74) is 1.05.